The molecule has 2 aliphatic heterocycles. The molecule has 1 atom stereocenters. The zero-order chi connectivity index (χ0) is 32.3. The van der Waals surface area contributed by atoms with Gasteiger partial charge in [-0.1, -0.05) is 0 Å². The highest BCUT2D eigenvalue weighted by atomic mass is 19.1. The number of nitrogens with zero attached hydrogens (tertiary/aromatic N) is 6. The van der Waals surface area contributed by atoms with Crippen molar-refractivity contribution in [1.29, 1.82) is 0 Å². The Morgan fingerprint density at radius 2 is 1.76 bits per heavy atom. The lowest BCUT2D eigenvalue weighted by Gasteiger charge is -2.54. The van der Waals surface area contributed by atoms with Gasteiger partial charge in [-0.15, -0.1) is 0 Å². The molecular weight excluding hydrogens is 573 g/mol. The van der Waals surface area contributed by atoms with Crippen molar-refractivity contribution in [2.24, 2.45) is 11.3 Å². The van der Waals surface area contributed by atoms with E-state index in [1.54, 1.807) is 31.3 Å². The van der Waals surface area contributed by atoms with E-state index in [1.807, 2.05) is 32.6 Å². The minimum absolute atomic E-state index is 0.00795. The van der Waals surface area contributed by atoms with E-state index >= 15 is 0 Å². The summed E-state index contributed by atoms with van der Waals surface area (Å²) in [5.74, 6) is 1.90. The highest BCUT2D eigenvalue weighted by molar-refractivity contribution is 5.73. The van der Waals surface area contributed by atoms with Crippen molar-refractivity contribution < 1.29 is 19.0 Å². The number of rotatable bonds is 10. The van der Waals surface area contributed by atoms with Crippen LogP contribution in [0.2, 0.25) is 0 Å². The van der Waals surface area contributed by atoms with Gasteiger partial charge < -0.3 is 29.9 Å². The summed E-state index contributed by atoms with van der Waals surface area (Å²) in [6.45, 7) is 13.2. The van der Waals surface area contributed by atoms with Gasteiger partial charge in [-0.25, -0.2) is 19.2 Å². The largest absolute Gasteiger partial charge is 0.451 e. The Morgan fingerprint density at radius 1 is 1.09 bits per heavy atom. The van der Waals surface area contributed by atoms with E-state index in [4.69, 9.17) is 4.74 Å². The number of anilines is 1. The second-order valence-electron chi connectivity index (χ2n) is 14.2. The van der Waals surface area contributed by atoms with Crippen molar-refractivity contribution in [3.05, 3.63) is 42.1 Å². The number of carbonyl (C=O) groups is 1. The molecule has 3 fully saturated rings. The number of amides is 2. The molecule has 1 aliphatic carbocycles. The van der Waals surface area contributed by atoms with Crippen LogP contribution in [0, 0.1) is 17.2 Å². The summed E-state index contributed by atoms with van der Waals surface area (Å²) in [6.07, 6.45) is 8.95. The molecule has 1 unspecified atom stereocenters. The average molecular weight is 626 g/mol. The van der Waals surface area contributed by atoms with E-state index in [0.29, 0.717) is 29.0 Å². The maximum absolute atomic E-state index is 14.4. The van der Waals surface area contributed by atoms with Crippen LogP contribution in [0.5, 0.6) is 11.5 Å². The van der Waals surface area contributed by atoms with Crippen LogP contribution in [0.1, 0.15) is 78.0 Å². The summed E-state index contributed by atoms with van der Waals surface area (Å²) in [5, 5.41) is 14.5. The van der Waals surface area contributed by atoms with E-state index in [-0.39, 0.29) is 23.5 Å². The average Bonchev–Trinajstić information content (AvgIpc) is 2.98. The molecule has 10 nitrogen and oxygen atoms in total. The van der Waals surface area contributed by atoms with Gasteiger partial charge in [0.2, 0.25) is 0 Å². The number of halogens is 1. The van der Waals surface area contributed by atoms with E-state index in [1.165, 1.54) is 31.3 Å². The molecule has 1 saturated carbocycles. The molecule has 1 aromatic carbocycles. The Bertz CT molecular complexity index is 1280. The molecule has 11 heteroatoms. The first-order valence-electron chi connectivity index (χ1n) is 16.6. The van der Waals surface area contributed by atoms with Crippen LogP contribution in [-0.2, 0) is 0 Å². The number of nitrogens with one attached hydrogen (secondary N) is 1. The molecule has 2 amide bonds. The van der Waals surface area contributed by atoms with Crippen molar-refractivity contribution in [2.45, 2.75) is 90.6 Å². The van der Waals surface area contributed by atoms with Crippen LogP contribution in [0.15, 0.2) is 30.7 Å². The second kappa shape index (κ2) is 14.2. The van der Waals surface area contributed by atoms with Gasteiger partial charge in [0.25, 0.3) is 0 Å². The number of aliphatic hydroxyl groups is 1. The number of likely N-dealkylation sites (tertiary alicyclic amines) is 1. The number of urea groups is 1. The Hall–Kier alpha value is -3.02. The molecule has 0 bridgehead atoms. The van der Waals surface area contributed by atoms with Gasteiger partial charge in [0.05, 0.1) is 6.20 Å². The maximum Gasteiger partial charge on any atom is 0.317 e. The van der Waals surface area contributed by atoms with E-state index < -0.39 is 12.0 Å². The van der Waals surface area contributed by atoms with Gasteiger partial charge in [-0.3, -0.25) is 4.90 Å². The summed E-state index contributed by atoms with van der Waals surface area (Å²) in [5.41, 5.74) is 0.658. The predicted octanol–water partition coefficient (Wildman–Crippen LogP) is 5.25. The molecular formula is C34H52FN7O3. The molecule has 248 valence electrons. The van der Waals surface area contributed by atoms with Crippen LogP contribution in [0.3, 0.4) is 0 Å². The molecule has 3 aliphatic rings. The number of hydrogen-bond donors (Lipinski definition) is 2. The number of aromatic nitrogens is 2. The SMILES string of the molecule is CC(C)N(C(C)C)C(O)c1cc(F)ccc1Oc1cncnc1N1CC2(CCN(CC3CCC(NC(=O)N(C)C)CC3)CC2)C1. The quantitative estimate of drug-likeness (QED) is 0.346. The molecule has 1 spiro atoms. The summed E-state index contributed by atoms with van der Waals surface area (Å²) < 4.78 is 20.7. The number of hydrogen-bond acceptors (Lipinski definition) is 8. The predicted molar refractivity (Wildman–Crippen MR) is 174 cm³/mol. The first-order valence-corrected chi connectivity index (χ1v) is 16.6. The Labute approximate surface area is 267 Å². The van der Waals surface area contributed by atoms with Crippen LogP contribution in [0.25, 0.3) is 0 Å². The van der Waals surface area contributed by atoms with E-state index in [2.05, 4.69) is 25.1 Å². The fourth-order valence-electron chi connectivity index (χ4n) is 7.47. The van der Waals surface area contributed by atoms with Crippen molar-refractivity contribution in [2.75, 3.05) is 51.7 Å². The van der Waals surface area contributed by atoms with Gasteiger partial charge in [0.1, 0.15) is 24.1 Å². The van der Waals surface area contributed by atoms with Gasteiger partial charge in [0.15, 0.2) is 11.6 Å². The molecule has 1 aromatic heterocycles. The third kappa shape index (κ3) is 7.86. The second-order valence-corrected chi connectivity index (χ2v) is 14.2. The van der Waals surface area contributed by atoms with E-state index in [0.717, 1.165) is 64.2 Å². The maximum atomic E-state index is 14.4. The molecule has 45 heavy (non-hydrogen) atoms. The molecule has 3 heterocycles. The first kappa shape index (κ1) is 33.3. The number of carbonyl (C=O) groups excluding carboxylic acids is 1. The van der Waals surface area contributed by atoms with Crippen molar-refractivity contribution in [3.63, 3.8) is 0 Å². The fourth-order valence-corrected chi connectivity index (χ4v) is 7.47. The minimum Gasteiger partial charge on any atom is -0.451 e. The molecule has 0 radical (unpaired) electrons. The fraction of sp³-hybridized carbons (Fsp3) is 0.676. The third-order valence-electron chi connectivity index (χ3n) is 9.97. The van der Waals surface area contributed by atoms with Crippen molar-refractivity contribution in [1.82, 2.24) is 30.0 Å². The van der Waals surface area contributed by atoms with Crippen LogP contribution >= 0.6 is 0 Å². The van der Waals surface area contributed by atoms with E-state index in [9.17, 15) is 14.3 Å². The van der Waals surface area contributed by atoms with Gasteiger partial charge in [-0.2, -0.15) is 0 Å². The Kier molecular flexibility index (Phi) is 10.5. The van der Waals surface area contributed by atoms with Gasteiger partial charge in [-0.05, 0) is 103 Å². The third-order valence-corrected chi connectivity index (χ3v) is 9.97. The topological polar surface area (TPSA) is 97.3 Å². The minimum atomic E-state index is -1.03. The molecule has 2 N–H and O–H groups in total. The summed E-state index contributed by atoms with van der Waals surface area (Å²) >= 11 is 0. The zero-order valence-electron chi connectivity index (χ0n) is 27.9. The number of piperidine rings is 1. The van der Waals surface area contributed by atoms with Crippen LogP contribution in [-0.4, -0.2) is 101 Å². The lowest BCUT2D eigenvalue weighted by Crippen LogP contribution is -2.61. The lowest BCUT2D eigenvalue weighted by molar-refractivity contribution is -0.0406. The zero-order valence-corrected chi connectivity index (χ0v) is 27.9. The van der Waals surface area contributed by atoms with Crippen molar-refractivity contribution >= 4 is 11.8 Å². The molecule has 2 saturated heterocycles. The van der Waals surface area contributed by atoms with Crippen molar-refractivity contribution in [3.8, 4) is 11.5 Å². The normalized spacial score (nSPS) is 22.5. The standard InChI is InChI=1S/C34H52FN7O3/c1-23(2)42(24(3)4)32(43)28-17-26(35)9-12-29(28)45-30-18-36-22-37-31(30)41-20-34(21-41)13-15-40(16-14-34)19-25-7-10-27(11-8-25)38-33(44)39(5)6/h9,12,17-18,22-25,27,32,43H,7-8,10-11,13-16,19-21H2,1-6H3,(H,38,44). The lowest BCUT2D eigenvalue weighted by atomic mass is 9.71. The molecule has 2 aromatic rings. The number of ether oxygens (including phenoxy) is 1. The highest BCUT2D eigenvalue weighted by Gasteiger charge is 2.46. The Balaban J connectivity index is 1.16. The van der Waals surface area contributed by atoms with Gasteiger partial charge in [0, 0.05) is 62.8 Å². The first-order chi connectivity index (χ1) is 21.4. The Morgan fingerprint density at radius 3 is 2.38 bits per heavy atom. The number of aliphatic hydroxyl groups excluding tert-OH is 1. The van der Waals surface area contributed by atoms with Crippen LogP contribution in [0.4, 0.5) is 15.0 Å². The molecule has 5 rings (SSSR count). The summed E-state index contributed by atoms with van der Waals surface area (Å²) in [4.78, 5) is 29.2. The smallest absolute Gasteiger partial charge is 0.317 e. The summed E-state index contributed by atoms with van der Waals surface area (Å²) in [6, 6.07) is 4.68. The van der Waals surface area contributed by atoms with Gasteiger partial charge >= 0.3 is 6.03 Å². The number of benzene rings is 1. The van der Waals surface area contributed by atoms with Crippen LogP contribution < -0.4 is 15.0 Å². The highest BCUT2D eigenvalue weighted by Crippen LogP contribution is 2.45. The summed E-state index contributed by atoms with van der Waals surface area (Å²) in [7, 11) is 3.58. The monoisotopic (exact) mass is 625 g/mol.